The summed E-state index contributed by atoms with van der Waals surface area (Å²) >= 11 is 2.82. The molecule has 0 aliphatic heterocycles. The summed E-state index contributed by atoms with van der Waals surface area (Å²) in [6.45, 7) is 7.28. The first-order valence-corrected chi connectivity index (χ1v) is 15.0. The molecule has 2 heterocycles. The maximum atomic E-state index is 12.9. The van der Waals surface area contributed by atoms with Crippen LogP contribution in [-0.4, -0.2) is 39.5 Å². The van der Waals surface area contributed by atoms with E-state index in [9.17, 15) is 9.59 Å². The number of anilines is 1. The van der Waals surface area contributed by atoms with Crippen LogP contribution in [0.2, 0.25) is 0 Å². The maximum absolute atomic E-state index is 12.9. The highest BCUT2D eigenvalue weighted by Crippen LogP contribution is 2.37. The number of hydrogen-bond donors (Lipinski definition) is 1. The van der Waals surface area contributed by atoms with E-state index in [0.29, 0.717) is 34.0 Å². The molecule has 10 heteroatoms. The molecule has 8 nitrogen and oxygen atoms in total. The zero-order chi connectivity index (χ0) is 27.1. The van der Waals surface area contributed by atoms with E-state index in [-0.39, 0.29) is 24.2 Å². The zero-order valence-corrected chi connectivity index (χ0v) is 24.2. The average Bonchev–Trinajstić information content (AvgIpc) is 3.45. The molecule has 1 amide bonds. The van der Waals surface area contributed by atoms with Crippen LogP contribution in [-0.2, 0) is 35.5 Å². The summed E-state index contributed by atoms with van der Waals surface area (Å²) in [6, 6.07) is 8.08. The van der Waals surface area contributed by atoms with Gasteiger partial charge in [-0.3, -0.25) is 4.79 Å². The molecular weight excluding hydrogens is 520 g/mol. The number of benzene rings is 1. The Morgan fingerprint density at radius 1 is 1.11 bits per heavy atom. The van der Waals surface area contributed by atoms with E-state index in [1.165, 1.54) is 47.1 Å². The number of fused-ring (bicyclic) bond motifs is 1. The second kappa shape index (κ2) is 13.3. The van der Waals surface area contributed by atoms with Gasteiger partial charge in [0, 0.05) is 11.4 Å². The summed E-state index contributed by atoms with van der Waals surface area (Å²) in [5.74, 6) is 1.52. The molecule has 38 heavy (non-hydrogen) atoms. The van der Waals surface area contributed by atoms with Crippen LogP contribution in [0.3, 0.4) is 0 Å². The average molecular weight is 557 g/mol. The zero-order valence-electron chi connectivity index (χ0n) is 22.5. The fraction of sp³-hybridized carbons (Fsp3) is 0.500. The van der Waals surface area contributed by atoms with E-state index >= 15 is 0 Å². The van der Waals surface area contributed by atoms with Crippen molar-refractivity contribution in [3.8, 4) is 5.75 Å². The van der Waals surface area contributed by atoms with Crippen molar-refractivity contribution < 1.29 is 19.1 Å². The van der Waals surface area contributed by atoms with Crippen LogP contribution in [0.15, 0.2) is 29.4 Å². The SMILES string of the molecule is CCn1c(COc2ccc(C(C)C)cc2)nnc1SCC(=O)Nc1sc2c(c1C(=O)OC)CCCCCC2. The number of nitrogens with zero attached hydrogens (tertiary/aromatic N) is 3. The number of aromatic nitrogens is 3. The fourth-order valence-electron chi connectivity index (χ4n) is 4.57. The number of thioether (sulfide) groups is 1. The van der Waals surface area contributed by atoms with Gasteiger partial charge in [0.05, 0.1) is 18.4 Å². The number of hydrogen-bond acceptors (Lipinski definition) is 8. The summed E-state index contributed by atoms with van der Waals surface area (Å²) in [7, 11) is 1.39. The number of carbonyl (C=O) groups is 2. The van der Waals surface area contributed by atoms with E-state index in [1.807, 2.05) is 23.6 Å². The summed E-state index contributed by atoms with van der Waals surface area (Å²) < 4.78 is 13.0. The van der Waals surface area contributed by atoms with Crippen molar-refractivity contribution in [1.29, 1.82) is 0 Å². The number of amides is 1. The number of methoxy groups -OCH3 is 1. The Hall–Kier alpha value is -2.85. The molecule has 2 aromatic heterocycles. The van der Waals surface area contributed by atoms with Crippen LogP contribution in [0.25, 0.3) is 0 Å². The summed E-state index contributed by atoms with van der Waals surface area (Å²) in [5.41, 5.74) is 2.82. The maximum Gasteiger partial charge on any atom is 0.341 e. The van der Waals surface area contributed by atoms with Gasteiger partial charge in [0.15, 0.2) is 11.0 Å². The van der Waals surface area contributed by atoms with Gasteiger partial charge in [0.2, 0.25) is 5.91 Å². The standard InChI is InChI=1S/C28H36N4O4S2/c1-5-32-23(16-36-20-14-12-19(13-15-20)18(2)3)30-31-28(32)37-17-24(33)29-26-25(27(34)35-4)21-10-8-6-7-9-11-22(21)38-26/h12-15,18H,5-11,16-17H2,1-4H3,(H,29,33). The lowest BCUT2D eigenvalue weighted by Crippen LogP contribution is -2.17. The molecule has 0 unspecified atom stereocenters. The molecule has 0 radical (unpaired) electrons. The van der Waals surface area contributed by atoms with Gasteiger partial charge in [-0.25, -0.2) is 4.79 Å². The molecule has 1 N–H and O–H groups in total. The van der Waals surface area contributed by atoms with Gasteiger partial charge in [-0.1, -0.05) is 50.6 Å². The lowest BCUT2D eigenvalue weighted by molar-refractivity contribution is -0.113. The normalized spacial score (nSPS) is 13.5. The van der Waals surface area contributed by atoms with E-state index in [2.05, 4.69) is 41.5 Å². The molecule has 1 aliphatic carbocycles. The largest absolute Gasteiger partial charge is 0.486 e. The summed E-state index contributed by atoms with van der Waals surface area (Å²) in [5, 5.41) is 12.8. The number of rotatable bonds is 10. The Bertz CT molecular complexity index is 1250. The van der Waals surface area contributed by atoms with Gasteiger partial charge in [0.1, 0.15) is 17.4 Å². The quantitative estimate of drug-likeness (QED) is 0.233. The molecule has 1 aliphatic rings. The van der Waals surface area contributed by atoms with Gasteiger partial charge in [-0.2, -0.15) is 0 Å². The van der Waals surface area contributed by atoms with E-state index in [0.717, 1.165) is 43.4 Å². The predicted octanol–water partition coefficient (Wildman–Crippen LogP) is 6.24. The lowest BCUT2D eigenvalue weighted by atomic mass is 9.96. The number of ether oxygens (including phenoxy) is 2. The Morgan fingerprint density at radius 3 is 2.53 bits per heavy atom. The Morgan fingerprint density at radius 2 is 1.84 bits per heavy atom. The van der Waals surface area contributed by atoms with Crippen molar-refractivity contribution in [2.45, 2.75) is 83.5 Å². The molecule has 0 spiro atoms. The third-order valence-electron chi connectivity index (χ3n) is 6.67. The molecule has 0 bridgehead atoms. The van der Waals surface area contributed by atoms with E-state index in [4.69, 9.17) is 9.47 Å². The minimum atomic E-state index is -0.389. The molecule has 3 aromatic rings. The van der Waals surface area contributed by atoms with Gasteiger partial charge in [-0.05, 0) is 61.8 Å². The topological polar surface area (TPSA) is 95.3 Å². The second-order valence-corrected chi connectivity index (χ2v) is 11.7. The van der Waals surface area contributed by atoms with Crippen molar-refractivity contribution in [3.05, 3.63) is 51.7 Å². The molecule has 1 aromatic carbocycles. The third kappa shape index (κ3) is 6.77. The van der Waals surface area contributed by atoms with Crippen molar-refractivity contribution in [2.24, 2.45) is 0 Å². The first kappa shape index (κ1) is 28.2. The minimum Gasteiger partial charge on any atom is -0.486 e. The number of esters is 1. The van der Waals surface area contributed by atoms with Crippen LogP contribution in [0.5, 0.6) is 5.75 Å². The third-order valence-corrected chi connectivity index (χ3v) is 8.84. The van der Waals surface area contributed by atoms with Crippen molar-refractivity contribution in [1.82, 2.24) is 14.8 Å². The first-order valence-electron chi connectivity index (χ1n) is 13.2. The lowest BCUT2D eigenvalue weighted by Gasteiger charge is -2.11. The fourth-order valence-corrected chi connectivity index (χ4v) is 6.68. The van der Waals surface area contributed by atoms with Crippen LogP contribution < -0.4 is 10.1 Å². The van der Waals surface area contributed by atoms with Gasteiger partial charge in [-0.15, -0.1) is 21.5 Å². The Balaban J connectivity index is 1.39. The highest BCUT2D eigenvalue weighted by molar-refractivity contribution is 7.99. The van der Waals surface area contributed by atoms with Crippen LogP contribution in [0.1, 0.15) is 84.6 Å². The monoisotopic (exact) mass is 556 g/mol. The molecular formula is C28H36N4O4S2. The smallest absolute Gasteiger partial charge is 0.341 e. The predicted molar refractivity (Wildman–Crippen MR) is 151 cm³/mol. The first-order chi connectivity index (χ1) is 18.4. The van der Waals surface area contributed by atoms with Crippen LogP contribution >= 0.6 is 23.1 Å². The van der Waals surface area contributed by atoms with Gasteiger partial charge < -0.3 is 19.4 Å². The Kier molecular flexibility index (Phi) is 9.85. The number of aryl methyl sites for hydroxylation is 1. The number of thiophene rings is 1. The van der Waals surface area contributed by atoms with Crippen molar-refractivity contribution in [3.63, 3.8) is 0 Å². The van der Waals surface area contributed by atoms with Crippen molar-refractivity contribution >= 4 is 40.0 Å². The summed E-state index contributed by atoms with van der Waals surface area (Å²) in [4.78, 5) is 26.7. The second-order valence-electron chi connectivity index (χ2n) is 9.61. The van der Waals surface area contributed by atoms with Crippen LogP contribution in [0, 0.1) is 0 Å². The number of nitrogens with one attached hydrogen (secondary N) is 1. The molecule has 0 saturated carbocycles. The van der Waals surface area contributed by atoms with E-state index < -0.39 is 0 Å². The Labute approximate surface area is 232 Å². The molecule has 0 atom stereocenters. The van der Waals surface area contributed by atoms with Crippen LogP contribution in [0.4, 0.5) is 5.00 Å². The summed E-state index contributed by atoms with van der Waals surface area (Å²) in [6.07, 6.45) is 6.26. The van der Waals surface area contributed by atoms with E-state index in [1.54, 1.807) is 0 Å². The van der Waals surface area contributed by atoms with Gasteiger partial charge >= 0.3 is 5.97 Å². The molecule has 0 fully saturated rings. The highest BCUT2D eigenvalue weighted by atomic mass is 32.2. The highest BCUT2D eigenvalue weighted by Gasteiger charge is 2.26. The minimum absolute atomic E-state index is 0.152. The molecule has 204 valence electrons. The number of carbonyl (C=O) groups excluding carboxylic acids is 2. The molecule has 4 rings (SSSR count). The molecule has 0 saturated heterocycles. The van der Waals surface area contributed by atoms with Gasteiger partial charge in [0.25, 0.3) is 0 Å². The van der Waals surface area contributed by atoms with Crippen molar-refractivity contribution in [2.75, 3.05) is 18.2 Å².